The molecule has 2 rings (SSSR count). The van der Waals surface area contributed by atoms with Crippen LogP contribution in [0, 0.1) is 15.9 Å². The fourth-order valence-electron chi connectivity index (χ4n) is 1.82. The highest BCUT2D eigenvalue weighted by Gasteiger charge is 2.18. The maximum absolute atomic E-state index is 13.6. The third-order valence-corrected chi connectivity index (χ3v) is 3.24. The molecule has 3 N–H and O–H groups in total. The molecule has 0 saturated heterocycles. The number of amides is 1. The summed E-state index contributed by atoms with van der Waals surface area (Å²) in [7, 11) is 0. The SMILES string of the molecule is Nc1ccc([N+](=O)[O-])cc1C(=O)OCC(=O)Nc1ccc(Cl)cc1F. The third-order valence-electron chi connectivity index (χ3n) is 3.01. The minimum Gasteiger partial charge on any atom is -0.452 e. The summed E-state index contributed by atoms with van der Waals surface area (Å²) in [5.41, 5.74) is 4.78. The Balaban J connectivity index is 2.01. The molecule has 0 aliphatic heterocycles. The molecule has 10 heteroatoms. The summed E-state index contributed by atoms with van der Waals surface area (Å²) >= 11 is 5.59. The smallest absolute Gasteiger partial charge is 0.341 e. The van der Waals surface area contributed by atoms with Crippen molar-refractivity contribution in [1.82, 2.24) is 0 Å². The lowest BCUT2D eigenvalue weighted by Crippen LogP contribution is -2.22. The van der Waals surface area contributed by atoms with Crippen LogP contribution in [0.15, 0.2) is 36.4 Å². The van der Waals surface area contributed by atoms with Gasteiger partial charge in [0.05, 0.1) is 16.2 Å². The number of halogens is 2. The molecule has 1 amide bonds. The van der Waals surface area contributed by atoms with Gasteiger partial charge in [0.25, 0.3) is 11.6 Å². The number of nitrogens with one attached hydrogen (secondary N) is 1. The number of nitro benzene ring substituents is 1. The Bertz CT molecular complexity index is 859. The van der Waals surface area contributed by atoms with E-state index in [-0.39, 0.29) is 27.6 Å². The molecule has 0 aliphatic carbocycles. The maximum Gasteiger partial charge on any atom is 0.341 e. The van der Waals surface area contributed by atoms with Crippen LogP contribution in [-0.2, 0) is 9.53 Å². The Hall–Kier alpha value is -3.20. The number of nitrogens with zero attached hydrogens (tertiary/aromatic N) is 1. The molecule has 25 heavy (non-hydrogen) atoms. The van der Waals surface area contributed by atoms with E-state index in [0.29, 0.717) is 0 Å². The zero-order valence-corrected chi connectivity index (χ0v) is 13.2. The molecule has 0 atom stereocenters. The number of nitrogens with two attached hydrogens (primary N) is 1. The number of nitro groups is 1. The lowest BCUT2D eigenvalue weighted by molar-refractivity contribution is -0.384. The van der Waals surface area contributed by atoms with Crippen molar-refractivity contribution in [2.45, 2.75) is 0 Å². The van der Waals surface area contributed by atoms with Crippen molar-refractivity contribution < 1.29 is 23.6 Å². The fourth-order valence-corrected chi connectivity index (χ4v) is 1.98. The number of benzene rings is 2. The zero-order valence-electron chi connectivity index (χ0n) is 12.5. The fraction of sp³-hybridized carbons (Fsp3) is 0.0667. The Morgan fingerprint density at radius 1 is 1.28 bits per heavy atom. The molecule has 2 aromatic carbocycles. The molecule has 0 bridgehead atoms. The van der Waals surface area contributed by atoms with Gasteiger partial charge in [-0.2, -0.15) is 0 Å². The van der Waals surface area contributed by atoms with Gasteiger partial charge in [-0.1, -0.05) is 11.6 Å². The number of hydrogen-bond donors (Lipinski definition) is 2. The van der Waals surface area contributed by atoms with Gasteiger partial charge >= 0.3 is 5.97 Å². The van der Waals surface area contributed by atoms with Gasteiger partial charge in [-0.25, -0.2) is 9.18 Å². The van der Waals surface area contributed by atoms with Crippen molar-refractivity contribution in [3.8, 4) is 0 Å². The molecule has 0 aromatic heterocycles. The highest BCUT2D eigenvalue weighted by atomic mass is 35.5. The zero-order chi connectivity index (χ0) is 18.6. The highest BCUT2D eigenvalue weighted by molar-refractivity contribution is 6.30. The summed E-state index contributed by atoms with van der Waals surface area (Å²) in [5.74, 6) is -2.58. The first-order valence-corrected chi connectivity index (χ1v) is 7.11. The largest absolute Gasteiger partial charge is 0.452 e. The van der Waals surface area contributed by atoms with Gasteiger partial charge in [0.15, 0.2) is 6.61 Å². The second-order valence-electron chi connectivity index (χ2n) is 4.78. The van der Waals surface area contributed by atoms with Crippen molar-refractivity contribution in [2.75, 3.05) is 17.7 Å². The molecular weight excluding hydrogens is 357 g/mol. The predicted octanol–water partition coefficient (Wildman–Crippen LogP) is 2.77. The standard InChI is InChI=1S/C15H11ClFN3O5/c16-8-1-4-13(11(17)5-8)19-14(21)7-25-15(22)10-6-9(20(23)24)2-3-12(10)18/h1-6H,7,18H2,(H,19,21). The Kier molecular flexibility index (Phi) is 5.50. The van der Waals surface area contributed by atoms with Gasteiger partial charge in [-0.15, -0.1) is 0 Å². The average molecular weight is 368 g/mol. The van der Waals surface area contributed by atoms with Gasteiger partial charge < -0.3 is 15.8 Å². The number of rotatable bonds is 5. The normalized spacial score (nSPS) is 10.2. The Labute approximate surface area is 145 Å². The first-order valence-electron chi connectivity index (χ1n) is 6.74. The van der Waals surface area contributed by atoms with Crippen molar-refractivity contribution in [2.24, 2.45) is 0 Å². The maximum atomic E-state index is 13.6. The van der Waals surface area contributed by atoms with E-state index in [2.05, 4.69) is 5.32 Å². The molecule has 0 radical (unpaired) electrons. The monoisotopic (exact) mass is 367 g/mol. The lowest BCUT2D eigenvalue weighted by Gasteiger charge is -2.08. The van der Waals surface area contributed by atoms with Gasteiger partial charge in [0.1, 0.15) is 5.82 Å². The van der Waals surface area contributed by atoms with E-state index >= 15 is 0 Å². The van der Waals surface area contributed by atoms with Crippen LogP contribution < -0.4 is 11.1 Å². The molecule has 0 fully saturated rings. The summed E-state index contributed by atoms with van der Waals surface area (Å²) < 4.78 is 18.3. The number of hydrogen-bond acceptors (Lipinski definition) is 6. The van der Waals surface area contributed by atoms with E-state index in [0.717, 1.165) is 18.2 Å². The van der Waals surface area contributed by atoms with Crippen molar-refractivity contribution >= 4 is 40.5 Å². The van der Waals surface area contributed by atoms with Crippen molar-refractivity contribution in [3.63, 3.8) is 0 Å². The Morgan fingerprint density at radius 2 is 2.00 bits per heavy atom. The van der Waals surface area contributed by atoms with E-state index in [4.69, 9.17) is 22.1 Å². The summed E-state index contributed by atoms with van der Waals surface area (Å²) in [4.78, 5) is 33.6. The van der Waals surface area contributed by atoms with Crippen LogP contribution in [0.25, 0.3) is 0 Å². The number of nitrogen functional groups attached to an aromatic ring is 1. The van der Waals surface area contributed by atoms with Gasteiger partial charge in [0, 0.05) is 22.8 Å². The van der Waals surface area contributed by atoms with Crippen LogP contribution in [0.3, 0.4) is 0 Å². The Morgan fingerprint density at radius 3 is 2.64 bits per heavy atom. The van der Waals surface area contributed by atoms with Gasteiger partial charge in [-0.3, -0.25) is 14.9 Å². The van der Waals surface area contributed by atoms with Crippen LogP contribution in [0.4, 0.5) is 21.5 Å². The minimum absolute atomic E-state index is 0.0419. The summed E-state index contributed by atoms with van der Waals surface area (Å²) in [6.45, 7) is -0.733. The van der Waals surface area contributed by atoms with Crippen LogP contribution in [-0.4, -0.2) is 23.4 Å². The van der Waals surface area contributed by atoms with Gasteiger partial charge in [-0.05, 0) is 24.3 Å². The first-order chi connectivity index (χ1) is 11.8. The predicted molar refractivity (Wildman–Crippen MR) is 87.8 cm³/mol. The summed E-state index contributed by atoms with van der Waals surface area (Å²) in [5, 5.41) is 13.1. The lowest BCUT2D eigenvalue weighted by atomic mass is 10.1. The molecule has 0 unspecified atom stereocenters. The topological polar surface area (TPSA) is 125 Å². The molecule has 2 aromatic rings. The van der Waals surface area contributed by atoms with E-state index in [9.17, 15) is 24.1 Å². The van der Waals surface area contributed by atoms with Crippen molar-refractivity contribution in [1.29, 1.82) is 0 Å². The van der Waals surface area contributed by atoms with E-state index in [1.54, 1.807) is 0 Å². The molecule has 0 aliphatic rings. The third kappa shape index (κ3) is 4.64. The van der Waals surface area contributed by atoms with Gasteiger partial charge in [0.2, 0.25) is 0 Å². The summed E-state index contributed by atoms with van der Waals surface area (Å²) in [6.07, 6.45) is 0. The number of carbonyl (C=O) groups excluding carboxylic acids is 2. The highest BCUT2D eigenvalue weighted by Crippen LogP contribution is 2.21. The van der Waals surface area contributed by atoms with E-state index in [1.165, 1.54) is 18.2 Å². The van der Waals surface area contributed by atoms with Crippen molar-refractivity contribution in [3.05, 3.63) is 62.9 Å². The van der Waals surface area contributed by atoms with Crippen LogP contribution in [0.5, 0.6) is 0 Å². The molecular formula is C15H11ClFN3O5. The van der Waals surface area contributed by atoms with E-state index in [1.807, 2.05) is 0 Å². The molecule has 8 nitrogen and oxygen atoms in total. The van der Waals surface area contributed by atoms with Crippen LogP contribution in [0.1, 0.15) is 10.4 Å². The van der Waals surface area contributed by atoms with Crippen LogP contribution >= 0.6 is 11.6 Å². The quantitative estimate of drug-likeness (QED) is 0.362. The number of non-ortho nitro benzene ring substituents is 1. The number of ether oxygens (including phenoxy) is 1. The number of esters is 1. The number of anilines is 2. The van der Waals surface area contributed by atoms with E-state index < -0.39 is 29.2 Å². The second-order valence-corrected chi connectivity index (χ2v) is 5.21. The number of carbonyl (C=O) groups is 2. The molecule has 0 spiro atoms. The molecule has 0 saturated carbocycles. The molecule has 0 heterocycles. The summed E-state index contributed by atoms with van der Waals surface area (Å²) in [6, 6.07) is 6.87. The average Bonchev–Trinajstić information content (AvgIpc) is 2.55. The molecule has 130 valence electrons. The first kappa shape index (κ1) is 18.1. The second kappa shape index (κ2) is 7.58. The van der Waals surface area contributed by atoms with Crippen LogP contribution in [0.2, 0.25) is 5.02 Å². The minimum atomic E-state index is -1.02.